The molecule has 0 radical (unpaired) electrons. The summed E-state index contributed by atoms with van der Waals surface area (Å²) >= 11 is 0. The number of nitrogens with one attached hydrogen (secondary N) is 3. The highest BCUT2D eigenvalue weighted by molar-refractivity contribution is 7.91. The fraction of sp³-hybridized carbons (Fsp3) is 0.625. The normalized spacial score (nSPS) is 26.9. The van der Waals surface area contributed by atoms with Gasteiger partial charge in [0.25, 0.3) is 5.91 Å². The van der Waals surface area contributed by atoms with Crippen LogP contribution in [0.15, 0.2) is 30.9 Å². The van der Waals surface area contributed by atoms with E-state index >= 15 is 0 Å². The number of fused-ring (bicyclic) bond motifs is 3. The van der Waals surface area contributed by atoms with Crippen LogP contribution in [-0.4, -0.2) is 98.0 Å². The van der Waals surface area contributed by atoms with E-state index in [0.29, 0.717) is 54.2 Å². The first kappa shape index (κ1) is 41.0. The summed E-state index contributed by atoms with van der Waals surface area (Å²) in [5, 5.41) is 5.63. The van der Waals surface area contributed by atoms with E-state index in [1.54, 1.807) is 33.9 Å². The molecule has 2 aliphatic heterocycles. The van der Waals surface area contributed by atoms with Crippen LogP contribution in [0.5, 0.6) is 17.4 Å². The van der Waals surface area contributed by atoms with Gasteiger partial charge in [-0.25, -0.2) is 18.2 Å². The Morgan fingerprint density at radius 2 is 1.91 bits per heavy atom. The van der Waals surface area contributed by atoms with Crippen molar-refractivity contribution in [2.45, 2.75) is 115 Å². The van der Waals surface area contributed by atoms with Crippen molar-refractivity contribution < 1.29 is 46.5 Å². The van der Waals surface area contributed by atoms with E-state index in [2.05, 4.69) is 21.9 Å². The summed E-state index contributed by atoms with van der Waals surface area (Å²) in [7, 11) is -2.31. The molecule has 3 N–H and O–H groups in total. The molecule has 1 aromatic carbocycles. The Bertz CT molecular complexity index is 2010. The van der Waals surface area contributed by atoms with Crippen LogP contribution in [0, 0.1) is 16.7 Å². The summed E-state index contributed by atoms with van der Waals surface area (Å²) in [6.07, 6.45) is 3.20. The van der Waals surface area contributed by atoms with E-state index in [0.717, 1.165) is 18.4 Å². The Morgan fingerprint density at radius 3 is 2.54 bits per heavy atom. The highest BCUT2D eigenvalue weighted by atomic mass is 32.2. The summed E-state index contributed by atoms with van der Waals surface area (Å²) in [6, 6.07) is 3.23. The molecule has 2 saturated carbocycles. The number of aromatic nitrogens is 1. The summed E-state index contributed by atoms with van der Waals surface area (Å²) < 4.78 is 51.7. The number of amides is 4. The molecule has 15 nitrogen and oxygen atoms in total. The number of aryl methyl sites for hydroxylation is 1. The van der Waals surface area contributed by atoms with Crippen LogP contribution in [0.4, 0.5) is 4.79 Å². The van der Waals surface area contributed by atoms with Crippen LogP contribution in [0.25, 0.3) is 10.9 Å². The zero-order valence-corrected chi connectivity index (χ0v) is 34.2. The first-order valence-electron chi connectivity index (χ1n) is 19.4. The maximum atomic E-state index is 14.7. The van der Waals surface area contributed by atoms with Crippen LogP contribution in [0.3, 0.4) is 0 Å². The SMILES string of the molecule is C=C[C@@H]1C[C@]1(NC(=O)[C@@H]1C[C@@H]2CN1C(=O)[C@H](C(C)(C)C)NC(=O)OCC(C)(C)CCCc1cc3c(cc(OCC)nc3cc1OC)O2)C(=O)NS(=O)(=O)C1CC1. The van der Waals surface area contributed by atoms with Crippen molar-refractivity contribution in [3.05, 3.63) is 36.4 Å². The number of sulfonamides is 1. The van der Waals surface area contributed by atoms with Gasteiger partial charge in [-0.15, -0.1) is 6.58 Å². The van der Waals surface area contributed by atoms with Crippen molar-refractivity contribution in [3.8, 4) is 17.4 Å². The number of cyclic esters (lactones) is 1. The van der Waals surface area contributed by atoms with Crippen LogP contribution >= 0.6 is 0 Å². The summed E-state index contributed by atoms with van der Waals surface area (Å²) in [5.74, 6) is -1.19. The third-order valence-corrected chi connectivity index (χ3v) is 12.9. The number of methoxy groups -OCH3 is 1. The molecule has 3 heterocycles. The molecule has 1 saturated heterocycles. The second kappa shape index (κ2) is 15.4. The number of alkyl carbamates (subject to hydrolysis) is 1. The van der Waals surface area contributed by atoms with Gasteiger partial charge in [0, 0.05) is 29.9 Å². The molecule has 2 aromatic rings. The number of benzene rings is 1. The quantitative estimate of drug-likeness (QED) is 0.309. The first-order valence-corrected chi connectivity index (χ1v) is 20.9. The van der Waals surface area contributed by atoms with Gasteiger partial charge >= 0.3 is 6.09 Å². The van der Waals surface area contributed by atoms with E-state index in [-0.39, 0.29) is 26.0 Å². The molecule has 0 spiro atoms. The number of carbonyl (C=O) groups excluding carboxylic acids is 4. The summed E-state index contributed by atoms with van der Waals surface area (Å²) in [5.41, 5.74) is -1.29. The van der Waals surface area contributed by atoms with Gasteiger partial charge in [-0.2, -0.15) is 0 Å². The van der Waals surface area contributed by atoms with Crippen molar-refractivity contribution in [2.75, 3.05) is 26.9 Å². The molecule has 56 heavy (non-hydrogen) atoms. The van der Waals surface area contributed by atoms with Crippen molar-refractivity contribution in [1.29, 1.82) is 0 Å². The van der Waals surface area contributed by atoms with Gasteiger partial charge in [0.15, 0.2) is 0 Å². The van der Waals surface area contributed by atoms with Gasteiger partial charge < -0.3 is 34.5 Å². The Hall–Kier alpha value is -4.60. The molecule has 0 unspecified atom stereocenters. The standard InChI is InChI=1S/C40H55N5O10S/c1-9-24-20-40(24,36(48)44-56(50,51)26-13-14-26)43-34(46)29-17-25-21-45(29)35(47)33(38(3,4)5)42-37(49)54-22-39(6,7)15-11-12-23-16-27-28(18-30(23)52-8)41-32(53-10-2)19-31(27)55-25/h9,16,18-19,24-26,29,33H,1,10-15,17,20-22H2,2-8H3,(H,42,49)(H,43,46)(H,44,48)/t24-,25-,29+,33-,40-/m1/s1. The lowest BCUT2D eigenvalue weighted by Crippen LogP contribution is -2.60. The van der Waals surface area contributed by atoms with Gasteiger partial charge in [-0.1, -0.05) is 40.7 Å². The number of pyridine rings is 1. The lowest BCUT2D eigenvalue weighted by molar-refractivity contribution is -0.142. The number of hydrogen-bond acceptors (Lipinski definition) is 11. The number of rotatable bonds is 9. The van der Waals surface area contributed by atoms with Gasteiger partial charge in [0.1, 0.15) is 35.2 Å². The lowest BCUT2D eigenvalue weighted by atomic mass is 9.85. The summed E-state index contributed by atoms with van der Waals surface area (Å²) in [4.78, 5) is 62.1. The van der Waals surface area contributed by atoms with E-state index in [9.17, 15) is 27.6 Å². The minimum atomic E-state index is -3.91. The molecule has 6 rings (SSSR count). The van der Waals surface area contributed by atoms with Crippen molar-refractivity contribution >= 4 is 44.7 Å². The maximum Gasteiger partial charge on any atom is 0.407 e. The van der Waals surface area contributed by atoms with Crippen LogP contribution in [-0.2, 0) is 35.6 Å². The van der Waals surface area contributed by atoms with Crippen molar-refractivity contribution in [2.24, 2.45) is 16.7 Å². The van der Waals surface area contributed by atoms with Gasteiger partial charge in [-0.3, -0.25) is 19.1 Å². The fourth-order valence-electron chi connectivity index (χ4n) is 7.59. The number of ether oxygens (including phenoxy) is 4. The third-order valence-electron chi connectivity index (χ3n) is 11.1. The molecular weight excluding hydrogens is 743 g/mol. The van der Waals surface area contributed by atoms with Gasteiger partial charge in [-0.05, 0) is 67.9 Å². The molecule has 4 aliphatic rings. The first-order chi connectivity index (χ1) is 26.3. The second-order valence-corrected chi connectivity index (χ2v) is 19.2. The van der Waals surface area contributed by atoms with E-state index in [4.69, 9.17) is 23.9 Å². The number of nitrogens with zero attached hydrogens (tertiary/aromatic N) is 2. The Kier molecular flexibility index (Phi) is 11.3. The second-order valence-electron chi connectivity index (χ2n) is 17.3. The van der Waals surface area contributed by atoms with Crippen molar-refractivity contribution in [3.63, 3.8) is 0 Å². The third kappa shape index (κ3) is 8.69. The minimum absolute atomic E-state index is 0.0146. The molecule has 1 aromatic heterocycles. The maximum absolute atomic E-state index is 14.7. The van der Waals surface area contributed by atoms with Crippen LogP contribution < -0.4 is 29.6 Å². The molecular formula is C40H55N5O10S. The predicted molar refractivity (Wildman–Crippen MR) is 208 cm³/mol. The average Bonchev–Trinajstić information content (AvgIpc) is 4.05. The largest absolute Gasteiger partial charge is 0.496 e. The lowest BCUT2D eigenvalue weighted by Gasteiger charge is -2.35. The average molecular weight is 798 g/mol. The van der Waals surface area contributed by atoms with E-state index < -0.39 is 79.6 Å². The number of hydrogen-bond donors (Lipinski definition) is 3. The predicted octanol–water partition coefficient (Wildman–Crippen LogP) is 4.16. The van der Waals surface area contributed by atoms with Crippen LogP contribution in [0.1, 0.15) is 85.6 Å². The minimum Gasteiger partial charge on any atom is -0.496 e. The molecule has 2 aliphatic carbocycles. The number of carbonyl (C=O) groups is 4. The van der Waals surface area contributed by atoms with E-state index in [1.165, 1.54) is 11.0 Å². The van der Waals surface area contributed by atoms with Crippen LogP contribution in [0.2, 0.25) is 0 Å². The highest BCUT2D eigenvalue weighted by Gasteiger charge is 2.62. The fourth-order valence-corrected chi connectivity index (χ4v) is 8.95. The molecule has 4 amide bonds. The van der Waals surface area contributed by atoms with Gasteiger partial charge in [0.05, 0.1) is 37.6 Å². The Morgan fingerprint density at radius 1 is 1.18 bits per heavy atom. The monoisotopic (exact) mass is 797 g/mol. The Balaban J connectivity index is 1.40. The molecule has 4 bridgehead atoms. The van der Waals surface area contributed by atoms with Gasteiger partial charge in [0.2, 0.25) is 27.7 Å². The highest BCUT2D eigenvalue weighted by Crippen LogP contribution is 2.46. The zero-order valence-electron chi connectivity index (χ0n) is 33.4. The molecule has 16 heteroatoms. The summed E-state index contributed by atoms with van der Waals surface area (Å²) in [6.45, 7) is 15.4. The van der Waals surface area contributed by atoms with E-state index in [1.807, 2.05) is 32.9 Å². The smallest absolute Gasteiger partial charge is 0.407 e. The molecule has 3 fully saturated rings. The Labute approximate surface area is 328 Å². The topological polar surface area (TPSA) is 192 Å². The molecule has 5 atom stereocenters. The molecule has 306 valence electrons. The zero-order chi connectivity index (χ0) is 40.8. The van der Waals surface area contributed by atoms with Crippen molar-refractivity contribution in [1.82, 2.24) is 25.2 Å².